The van der Waals surface area contributed by atoms with E-state index in [0.29, 0.717) is 0 Å². The number of aromatic amines is 2. The number of hydrogen-bond acceptors (Lipinski definition) is 1. The van der Waals surface area contributed by atoms with Crippen molar-refractivity contribution in [3.63, 3.8) is 0 Å². The van der Waals surface area contributed by atoms with Crippen molar-refractivity contribution < 1.29 is 0 Å². The summed E-state index contributed by atoms with van der Waals surface area (Å²) in [5, 5.41) is 8.98. The van der Waals surface area contributed by atoms with Crippen molar-refractivity contribution in [2.75, 3.05) is 0 Å². The lowest BCUT2D eigenvalue weighted by Crippen LogP contribution is -1.75. The summed E-state index contributed by atoms with van der Waals surface area (Å²) in [6, 6.07) is 5.60. The molecule has 3 heteroatoms. The Morgan fingerprint density at radius 2 is 2.12 bits per heavy atom. The van der Waals surface area contributed by atoms with E-state index in [1.807, 2.05) is 18.2 Å². The fourth-order valence-corrected chi connectivity index (χ4v) is 0.372. The molecule has 0 radical (unpaired) electrons. The van der Waals surface area contributed by atoms with E-state index < -0.39 is 0 Å². The van der Waals surface area contributed by atoms with Crippen LogP contribution in [0.4, 0.5) is 0 Å². The predicted molar refractivity (Wildman–Crippen MR) is 30.6 cm³/mol. The number of rotatable bonds is 0. The Morgan fingerprint density at radius 3 is 3.12 bits per heavy atom. The highest BCUT2D eigenvalue weighted by Gasteiger charge is 1.56. The fourth-order valence-electron chi connectivity index (χ4n) is 0.372. The van der Waals surface area contributed by atoms with Crippen LogP contribution in [0.2, 0.25) is 0 Å². The van der Waals surface area contributed by atoms with Crippen LogP contribution < -0.4 is 0 Å². The Labute approximate surface area is 47.0 Å². The zero-order valence-corrected chi connectivity index (χ0v) is 4.33. The van der Waals surface area contributed by atoms with Gasteiger partial charge in [-0.15, -0.1) is 0 Å². The molecule has 0 unspecified atom stereocenters. The lowest BCUT2D eigenvalue weighted by molar-refractivity contribution is 0.881. The normalized spacial score (nSPS) is 8.00. The van der Waals surface area contributed by atoms with Crippen LogP contribution in [0.15, 0.2) is 30.6 Å². The smallest absolute Gasteiger partial charge is 0.0488 e. The summed E-state index contributed by atoms with van der Waals surface area (Å²) < 4.78 is 0. The van der Waals surface area contributed by atoms with Crippen molar-refractivity contribution in [3.8, 4) is 0 Å². The van der Waals surface area contributed by atoms with Gasteiger partial charge in [0, 0.05) is 12.4 Å². The summed E-state index contributed by atoms with van der Waals surface area (Å²) in [4.78, 5) is 0. The molecule has 0 amide bonds. The molecule has 1 aromatic heterocycles. The fraction of sp³-hybridized carbons (Fsp3) is 0. The minimum atomic E-state index is 1.66. The van der Waals surface area contributed by atoms with Crippen molar-refractivity contribution in [3.05, 3.63) is 30.6 Å². The molecule has 1 rings (SSSR count). The van der Waals surface area contributed by atoms with E-state index in [1.54, 1.807) is 12.4 Å². The summed E-state index contributed by atoms with van der Waals surface area (Å²) in [5.41, 5.74) is 0. The van der Waals surface area contributed by atoms with Gasteiger partial charge < -0.3 is 0 Å². The zero-order valence-electron chi connectivity index (χ0n) is 4.33. The molecule has 8 heavy (non-hydrogen) atoms. The number of nitrogens with one attached hydrogen (secondary N) is 2. The molecular weight excluding hydrogens is 102 g/mol. The van der Waals surface area contributed by atoms with Gasteiger partial charge in [-0.3, -0.25) is 5.10 Å². The third-order valence-electron chi connectivity index (χ3n) is 0.691. The van der Waals surface area contributed by atoms with Crippen LogP contribution in [0.5, 0.6) is 0 Å². The first kappa shape index (κ1) is 4.90. The van der Waals surface area contributed by atoms with Crippen LogP contribution in [0.25, 0.3) is 0 Å². The third-order valence-corrected chi connectivity index (χ3v) is 0.691. The summed E-state index contributed by atoms with van der Waals surface area (Å²) in [7, 11) is 0. The van der Waals surface area contributed by atoms with Crippen molar-refractivity contribution in [1.29, 1.82) is 0 Å². The van der Waals surface area contributed by atoms with E-state index in [4.69, 9.17) is 0 Å². The lowest BCUT2D eigenvalue weighted by atomic mass is 10.6. The third kappa shape index (κ3) is 1.47. The van der Waals surface area contributed by atoms with E-state index >= 15 is 0 Å². The molecule has 0 aliphatic heterocycles. The average molecular weight is 109 g/mol. The molecule has 0 spiro atoms. The Morgan fingerprint density at radius 1 is 1.12 bits per heavy atom. The molecular formula is C5H7N3. The second-order valence-electron chi connectivity index (χ2n) is 1.28. The maximum Gasteiger partial charge on any atom is 0.0488 e. The van der Waals surface area contributed by atoms with E-state index in [-0.39, 0.29) is 0 Å². The van der Waals surface area contributed by atoms with Crippen LogP contribution in [-0.4, -0.2) is 15.4 Å². The first-order valence-corrected chi connectivity index (χ1v) is 2.35. The van der Waals surface area contributed by atoms with E-state index in [2.05, 4.69) is 15.4 Å². The van der Waals surface area contributed by atoms with Gasteiger partial charge in [-0.25, -0.2) is 5.21 Å². The van der Waals surface area contributed by atoms with E-state index in [9.17, 15) is 0 Å². The zero-order chi connectivity index (χ0) is 5.66. The quantitative estimate of drug-likeness (QED) is 0.510. The summed E-state index contributed by atoms with van der Waals surface area (Å²) >= 11 is 0. The maximum atomic E-state index is 3.71. The van der Waals surface area contributed by atoms with E-state index in [1.165, 1.54) is 0 Å². The molecule has 0 atom stereocenters. The van der Waals surface area contributed by atoms with Crippen LogP contribution >= 0.6 is 0 Å². The predicted octanol–water partition coefficient (Wildman–Crippen LogP) is 0.862. The number of hydrogen-bond donors (Lipinski definition) is 2. The van der Waals surface area contributed by atoms with Gasteiger partial charge in [-0.1, -0.05) is 6.07 Å². The Bertz CT molecular complexity index is 112. The monoisotopic (exact) mass is 109 g/mol. The molecule has 0 aromatic carbocycles. The molecule has 42 valence electrons. The summed E-state index contributed by atoms with van der Waals surface area (Å²) in [6.45, 7) is 0. The van der Waals surface area contributed by atoms with Crippen LogP contribution in [0.1, 0.15) is 0 Å². The first-order chi connectivity index (χ1) is 4.00. The largest absolute Gasteiger partial charge is 0.292 e. The van der Waals surface area contributed by atoms with Crippen molar-refractivity contribution in [2.24, 2.45) is 0 Å². The van der Waals surface area contributed by atoms with Crippen molar-refractivity contribution >= 4 is 0 Å². The molecule has 1 heterocycles. The number of aromatic nitrogens is 3. The molecule has 0 aliphatic carbocycles. The van der Waals surface area contributed by atoms with Gasteiger partial charge in [-0.05, 0) is 12.1 Å². The second-order valence-corrected chi connectivity index (χ2v) is 1.28. The SMILES string of the molecule is c1ccn[nH][nH]cc1. The minimum absolute atomic E-state index is 1.66. The first-order valence-electron chi connectivity index (χ1n) is 2.35. The summed E-state index contributed by atoms with van der Waals surface area (Å²) in [5.74, 6) is 0. The second kappa shape index (κ2) is 2.85. The topological polar surface area (TPSA) is 44.5 Å². The lowest BCUT2D eigenvalue weighted by Gasteiger charge is -1.74. The highest BCUT2D eigenvalue weighted by atomic mass is 15.3. The maximum absolute atomic E-state index is 3.71. The van der Waals surface area contributed by atoms with Gasteiger partial charge in [0.25, 0.3) is 0 Å². The van der Waals surface area contributed by atoms with E-state index in [0.717, 1.165) is 0 Å². The molecule has 0 fully saturated rings. The molecule has 0 saturated heterocycles. The Kier molecular flexibility index (Phi) is 1.74. The van der Waals surface area contributed by atoms with Gasteiger partial charge in [-0.2, -0.15) is 5.10 Å². The summed E-state index contributed by atoms with van der Waals surface area (Å²) in [6.07, 6.45) is 3.42. The number of nitrogens with zero attached hydrogens (tertiary/aromatic N) is 1. The van der Waals surface area contributed by atoms with Gasteiger partial charge in [0.1, 0.15) is 0 Å². The van der Waals surface area contributed by atoms with Crippen LogP contribution in [0, 0.1) is 0 Å². The molecule has 0 saturated carbocycles. The average Bonchev–Trinajstić information content (AvgIpc) is 1.62. The molecule has 3 nitrogen and oxygen atoms in total. The molecule has 0 aliphatic rings. The van der Waals surface area contributed by atoms with Crippen LogP contribution in [0.3, 0.4) is 0 Å². The molecule has 1 aromatic rings. The van der Waals surface area contributed by atoms with Gasteiger partial charge in [0.05, 0.1) is 0 Å². The van der Waals surface area contributed by atoms with Gasteiger partial charge >= 0.3 is 0 Å². The molecule has 2 N–H and O–H groups in total. The highest BCUT2D eigenvalue weighted by molar-refractivity contribution is 4.83. The Balaban J connectivity index is 3.00. The standard InChI is InChI=1S/C5H7N3/c1-2-4-6-8-7-5-3-1/h1-6,8H. The minimum Gasteiger partial charge on any atom is -0.292 e. The van der Waals surface area contributed by atoms with Crippen LogP contribution in [-0.2, 0) is 0 Å². The van der Waals surface area contributed by atoms with Gasteiger partial charge in [0.15, 0.2) is 0 Å². The molecule has 0 bridgehead atoms. The number of H-pyrrole nitrogens is 2. The van der Waals surface area contributed by atoms with Gasteiger partial charge in [0.2, 0.25) is 0 Å². The highest BCUT2D eigenvalue weighted by Crippen LogP contribution is 1.69. The Hall–Kier alpha value is -1.25. The van der Waals surface area contributed by atoms with Crippen molar-refractivity contribution in [2.45, 2.75) is 0 Å². The van der Waals surface area contributed by atoms with Crippen molar-refractivity contribution in [1.82, 2.24) is 15.4 Å².